The first-order valence-electron chi connectivity index (χ1n) is 13.8. The van der Waals surface area contributed by atoms with Crippen LogP contribution < -0.4 is 14.4 Å². The van der Waals surface area contributed by atoms with Gasteiger partial charge in [-0.25, -0.2) is 8.42 Å². The van der Waals surface area contributed by atoms with E-state index in [-0.39, 0.29) is 29.1 Å². The number of benzene rings is 3. The van der Waals surface area contributed by atoms with E-state index in [0.29, 0.717) is 29.4 Å². The molecule has 41 heavy (non-hydrogen) atoms. The maximum absolute atomic E-state index is 14.2. The van der Waals surface area contributed by atoms with Gasteiger partial charge in [0.05, 0.1) is 17.2 Å². The zero-order valence-corrected chi connectivity index (χ0v) is 25.5. The molecule has 2 amide bonds. The van der Waals surface area contributed by atoms with Gasteiger partial charge in [0.15, 0.2) is 0 Å². The fourth-order valence-corrected chi connectivity index (χ4v) is 5.99. The number of carbonyl (C=O) groups excluding carboxylic acids is 2. The van der Waals surface area contributed by atoms with Gasteiger partial charge in [0, 0.05) is 17.6 Å². The summed E-state index contributed by atoms with van der Waals surface area (Å²) in [6.07, 6.45) is 1.04. The summed E-state index contributed by atoms with van der Waals surface area (Å²) in [7, 11) is -4.20. The Bertz CT molecular complexity index is 1420. The van der Waals surface area contributed by atoms with Crippen molar-refractivity contribution < 1.29 is 22.7 Å². The van der Waals surface area contributed by atoms with Crippen LogP contribution >= 0.6 is 11.6 Å². The quantitative estimate of drug-likeness (QED) is 0.258. The van der Waals surface area contributed by atoms with Crippen molar-refractivity contribution in [3.63, 3.8) is 0 Å². The highest BCUT2D eigenvalue weighted by molar-refractivity contribution is 7.92. The molecule has 3 aromatic carbocycles. The van der Waals surface area contributed by atoms with Gasteiger partial charge in [0.1, 0.15) is 18.3 Å². The van der Waals surface area contributed by atoms with Crippen LogP contribution in [0, 0.1) is 0 Å². The molecule has 3 aromatic rings. The molecule has 2 atom stereocenters. The molecule has 3 rings (SSSR count). The maximum atomic E-state index is 14.2. The Labute approximate surface area is 248 Å². The molecule has 0 saturated heterocycles. The molecule has 8 nitrogen and oxygen atoms in total. The average molecular weight is 600 g/mol. The van der Waals surface area contributed by atoms with E-state index in [9.17, 15) is 18.0 Å². The van der Waals surface area contributed by atoms with Gasteiger partial charge in [-0.15, -0.1) is 0 Å². The Morgan fingerprint density at radius 1 is 0.902 bits per heavy atom. The Hall–Kier alpha value is -3.56. The molecule has 0 aliphatic heterocycles. The monoisotopic (exact) mass is 599 g/mol. The van der Waals surface area contributed by atoms with Crippen molar-refractivity contribution in [1.29, 1.82) is 0 Å². The van der Waals surface area contributed by atoms with Gasteiger partial charge in [-0.05, 0) is 62.6 Å². The molecule has 0 fully saturated rings. The van der Waals surface area contributed by atoms with Crippen LogP contribution in [0.25, 0.3) is 0 Å². The SMILES string of the molecule is CCOc1ccccc1N(CC(=O)N(Cc1ccccc1Cl)[C@@H](CC)C(=O)N[C@@H](C)CC)S(=O)(=O)c1ccccc1. The number of nitrogens with zero attached hydrogens (tertiary/aromatic N) is 2. The summed E-state index contributed by atoms with van der Waals surface area (Å²) in [5.41, 5.74) is 0.867. The smallest absolute Gasteiger partial charge is 0.264 e. The number of nitrogens with one attached hydrogen (secondary N) is 1. The van der Waals surface area contributed by atoms with E-state index in [1.54, 1.807) is 73.7 Å². The second kappa shape index (κ2) is 14.9. The first-order valence-corrected chi connectivity index (χ1v) is 15.6. The van der Waals surface area contributed by atoms with Crippen LogP contribution in [0.2, 0.25) is 5.02 Å². The highest BCUT2D eigenvalue weighted by Gasteiger charge is 2.35. The molecular weight excluding hydrogens is 562 g/mol. The van der Waals surface area contributed by atoms with Gasteiger partial charge in [-0.2, -0.15) is 0 Å². The van der Waals surface area contributed by atoms with Crippen LogP contribution in [0.4, 0.5) is 5.69 Å². The molecular formula is C31H38ClN3O5S. The van der Waals surface area contributed by atoms with Crippen molar-refractivity contribution in [3.05, 3.63) is 89.4 Å². The summed E-state index contributed by atoms with van der Waals surface area (Å²) in [6, 6.07) is 20.7. The number of sulfonamides is 1. The van der Waals surface area contributed by atoms with Gasteiger partial charge in [-0.1, -0.05) is 74.0 Å². The van der Waals surface area contributed by atoms with E-state index in [0.717, 1.165) is 10.7 Å². The van der Waals surface area contributed by atoms with Gasteiger partial charge >= 0.3 is 0 Å². The summed E-state index contributed by atoms with van der Waals surface area (Å²) in [6.45, 7) is 7.23. The number of ether oxygens (including phenoxy) is 1. The lowest BCUT2D eigenvalue weighted by Crippen LogP contribution is -2.53. The largest absolute Gasteiger partial charge is 0.492 e. The lowest BCUT2D eigenvalue weighted by Gasteiger charge is -2.34. The van der Waals surface area contributed by atoms with Crippen molar-refractivity contribution in [3.8, 4) is 5.75 Å². The minimum Gasteiger partial charge on any atom is -0.492 e. The number of amides is 2. The lowest BCUT2D eigenvalue weighted by molar-refractivity contribution is -0.140. The molecule has 0 bridgehead atoms. The predicted octanol–water partition coefficient (Wildman–Crippen LogP) is 5.66. The number of para-hydroxylation sites is 2. The fourth-order valence-electron chi connectivity index (χ4n) is 4.34. The second-order valence-corrected chi connectivity index (χ2v) is 11.8. The van der Waals surface area contributed by atoms with Gasteiger partial charge in [0.25, 0.3) is 10.0 Å². The van der Waals surface area contributed by atoms with Crippen LogP contribution in [-0.2, 0) is 26.2 Å². The Kier molecular flexibility index (Phi) is 11.6. The fraction of sp³-hybridized carbons (Fsp3) is 0.355. The molecule has 0 radical (unpaired) electrons. The van der Waals surface area contributed by atoms with Crippen LogP contribution in [0.1, 0.15) is 46.1 Å². The van der Waals surface area contributed by atoms with Crippen molar-refractivity contribution in [2.75, 3.05) is 17.5 Å². The standard InChI is InChI=1S/C31H38ClN3O5S/c1-5-23(4)33-31(37)27(6-2)34(21-24-15-11-12-18-26(24)32)30(36)22-35(28-19-13-14-20-29(28)40-7-3)41(38,39)25-16-9-8-10-17-25/h8-20,23,27H,5-7,21-22H2,1-4H3,(H,33,37)/t23-,27-/m0/s1. The highest BCUT2D eigenvalue weighted by Crippen LogP contribution is 2.33. The van der Waals surface area contributed by atoms with E-state index < -0.39 is 28.5 Å². The zero-order valence-electron chi connectivity index (χ0n) is 23.9. The lowest BCUT2D eigenvalue weighted by atomic mass is 10.1. The summed E-state index contributed by atoms with van der Waals surface area (Å²) >= 11 is 6.46. The number of hydrogen-bond acceptors (Lipinski definition) is 5. The molecule has 1 N–H and O–H groups in total. The van der Waals surface area contributed by atoms with Crippen LogP contribution in [-0.4, -0.2) is 50.4 Å². The Morgan fingerprint density at radius 2 is 1.54 bits per heavy atom. The van der Waals surface area contributed by atoms with E-state index in [1.807, 2.05) is 20.8 Å². The Morgan fingerprint density at radius 3 is 2.17 bits per heavy atom. The normalized spacial score (nSPS) is 12.7. The predicted molar refractivity (Wildman–Crippen MR) is 163 cm³/mol. The van der Waals surface area contributed by atoms with Crippen LogP contribution in [0.15, 0.2) is 83.8 Å². The third-order valence-electron chi connectivity index (χ3n) is 6.73. The maximum Gasteiger partial charge on any atom is 0.264 e. The first kappa shape index (κ1) is 32.0. The first-order chi connectivity index (χ1) is 19.6. The van der Waals surface area contributed by atoms with Crippen molar-refractivity contribution in [1.82, 2.24) is 10.2 Å². The van der Waals surface area contributed by atoms with E-state index in [2.05, 4.69) is 5.32 Å². The number of anilines is 1. The summed E-state index contributed by atoms with van der Waals surface area (Å²) in [4.78, 5) is 29.0. The van der Waals surface area contributed by atoms with Gasteiger partial charge < -0.3 is 15.0 Å². The summed E-state index contributed by atoms with van der Waals surface area (Å²) < 4.78 is 34.8. The summed E-state index contributed by atoms with van der Waals surface area (Å²) in [5.74, 6) is -0.544. The molecule has 0 heterocycles. The van der Waals surface area contributed by atoms with Gasteiger partial charge in [-0.3, -0.25) is 13.9 Å². The van der Waals surface area contributed by atoms with Crippen LogP contribution in [0.5, 0.6) is 5.75 Å². The number of hydrogen-bond donors (Lipinski definition) is 1. The van der Waals surface area contributed by atoms with Crippen molar-refractivity contribution >= 4 is 39.1 Å². The second-order valence-electron chi connectivity index (χ2n) is 9.58. The molecule has 0 spiro atoms. The zero-order chi connectivity index (χ0) is 30.0. The Balaban J connectivity index is 2.11. The van der Waals surface area contributed by atoms with E-state index in [1.165, 1.54) is 17.0 Å². The molecule has 0 aromatic heterocycles. The van der Waals surface area contributed by atoms with Crippen molar-refractivity contribution in [2.24, 2.45) is 0 Å². The van der Waals surface area contributed by atoms with Gasteiger partial charge in [0.2, 0.25) is 11.8 Å². The topological polar surface area (TPSA) is 96.0 Å². The highest BCUT2D eigenvalue weighted by atomic mass is 35.5. The third-order valence-corrected chi connectivity index (χ3v) is 8.87. The molecule has 0 saturated carbocycles. The van der Waals surface area contributed by atoms with Crippen LogP contribution in [0.3, 0.4) is 0 Å². The molecule has 0 aliphatic carbocycles. The van der Waals surface area contributed by atoms with E-state index in [4.69, 9.17) is 16.3 Å². The molecule has 0 unspecified atom stereocenters. The number of rotatable bonds is 14. The summed E-state index contributed by atoms with van der Waals surface area (Å²) in [5, 5.41) is 3.41. The van der Waals surface area contributed by atoms with Crippen molar-refractivity contribution in [2.45, 2.75) is 64.1 Å². The average Bonchev–Trinajstić information content (AvgIpc) is 2.97. The minimum absolute atomic E-state index is 0.0251. The molecule has 0 aliphatic rings. The van der Waals surface area contributed by atoms with E-state index >= 15 is 0 Å². The number of carbonyl (C=O) groups is 2. The number of halogens is 1. The minimum atomic E-state index is -4.20. The third kappa shape index (κ3) is 8.01. The molecule has 220 valence electrons. The molecule has 10 heteroatoms.